The summed E-state index contributed by atoms with van der Waals surface area (Å²) < 4.78 is 26.6. The molecule has 9 heteroatoms. The lowest BCUT2D eigenvalue weighted by Gasteiger charge is -2.41. The second-order valence-electron chi connectivity index (χ2n) is 7.13. The Labute approximate surface area is 156 Å². The van der Waals surface area contributed by atoms with Crippen LogP contribution in [0.1, 0.15) is 46.0 Å². The minimum Gasteiger partial charge on any atom is -0.345 e. The fraction of sp³-hybridized carbons (Fsp3) is 0.882. The Morgan fingerprint density at radius 2 is 1.77 bits per heavy atom. The summed E-state index contributed by atoms with van der Waals surface area (Å²) in [5, 5.41) is 5.35. The normalized spacial score (nSPS) is 20.5. The van der Waals surface area contributed by atoms with Gasteiger partial charge in [-0.1, -0.05) is 33.1 Å². The lowest BCUT2D eigenvalue weighted by atomic mass is 10.1. The number of carbonyl (C=O) groups is 2. The average Bonchev–Trinajstić information content (AvgIpc) is 2.59. The highest BCUT2D eigenvalue weighted by Crippen LogP contribution is 2.20. The van der Waals surface area contributed by atoms with E-state index in [1.54, 1.807) is 0 Å². The number of carbonyl (C=O) groups excluding carboxylic acids is 2. The van der Waals surface area contributed by atoms with Crippen LogP contribution >= 0.6 is 0 Å². The first-order valence-electron chi connectivity index (χ1n) is 9.69. The number of amides is 2. The van der Waals surface area contributed by atoms with Crippen LogP contribution in [-0.4, -0.2) is 80.0 Å². The fourth-order valence-electron chi connectivity index (χ4n) is 3.38. The lowest BCUT2D eigenvalue weighted by molar-refractivity contribution is -0.148. The summed E-state index contributed by atoms with van der Waals surface area (Å²) >= 11 is 0. The Bertz CT molecular complexity index is 584. The molecule has 2 amide bonds. The van der Waals surface area contributed by atoms with Crippen molar-refractivity contribution in [2.24, 2.45) is 0 Å². The van der Waals surface area contributed by atoms with E-state index in [9.17, 15) is 18.0 Å². The van der Waals surface area contributed by atoms with Crippen LogP contribution < -0.4 is 10.6 Å². The number of hydrogen-bond donors (Lipinski definition) is 2. The quantitative estimate of drug-likeness (QED) is 0.566. The summed E-state index contributed by atoms with van der Waals surface area (Å²) in [4.78, 5) is 25.8. The standard InChI is InChI=1S/C17H32N4O4S/c1-3-5-7-14(6-4-2)19-16(22)17(23)20-12-15(13-20)26(24,25)21-10-8-18-9-11-21/h14-15,18H,3-13H2,1-2H3,(H,19,22). The minimum atomic E-state index is -3.39. The first-order chi connectivity index (χ1) is 12.4. The number of unbranched alkanes of at least 4 members (excludes halogenated alkanes) is 1. The molecule has 0 radical (unpaired) electrons. The van der Waals surface area contributed by atoms with Gasteiger partial charge in [-0.3, -0.25) is 9.59 Å². The molecule has 0 saturated carbocycles. The minimum absolute atomic E-state index is 0.0121. The molecule has 2 aliphatic rings. The van der Waals surface area contributed by atoms with Crippen molar-refractivity contribution < 1.29 is 18.0 Å². The molecule has 0 aromatic heterocycles. The highest BCUT2D eigenvalue weighted by molar-refractivity contribution is 7.89. The van der Waals surface area contributed by atoms with E-state index in [4.69, 9.17) is 0 Å². The average molecular weight is 389 g/mol. The van der Waals surface area contributed by atoms with Gasteiger partial charge >= 0.3 is 11.8 Å². The molecule has 26 heavy (non-hydrogen) atoms. The monoisotopic (exact) mass is 388 g/mol. The summed E-state index contributed by atoms with van der Waals surface area (Å²) in [7, 11) is -3.39. The Hall–Kier alpha value is -1.19. The number of rotatable bonds is 8. The summed E-state index contributed by atoms with van der Waals surface area (Å²) in [6, 6.07) is 0.0121. The zero-order valence-corrected chi connectivity index (χ0v) is 16.7. The molecular formula is C17H32N4O4S. The SMILES string of the molecule is CCCCC(CCC)NC(=O)C(=O)N1CC(S(=O)(=O)N2CCNCC2)C1. The fourth-order valence-corrected chi connectivity index (χ4v) is 5.23. The third kappa shape index (κ3) is 5.17. The van der Waals surface area contributed by atoms with Crippen molar-refractivity contribution >= 4 is 21.8 Å². The van der Waals surface area contributed by atoms with Crippen LogP contribution in [-0.2, 0) is 19.6 Å². The van der Waals surface area contributed by atoms with E-state index < -0.39 is 27.1 Å². The predicted molar refractivity (Wildman–Crippen MR) is 100 cm³/mol. The van der Waals surface area contributed by atoms with Crippen molar-refractivity contribution in [3.63, 3.8) is 0 Å². The third-order valence-corrected chi connectivity index (χ3v) is 7.29. The van der Waals surface area contributed by atoms with E-state index in [1.807, 2.05) is 6.92 Å². The molecular weight excluding hydrogens is 356 g/mol. The van der Waals surface area contributed by atoms with Gasteiger partial charge < -0.3 is 15.5 Å². The van der Waals surface area contributed by atoms with Gasteiger partial charge in [0.1, 0.15) is 5.25 Å². The van der Waals surface area contributed by atoms with Gasteiger partial charge in [0.2, 0.25) is 10.0 Å². The van der Waals surface area contributed by atoms with E-state index >= 15 is 0 Å². The summed E-state index contributed by atoms with van der Waals surface area (Å²) in [6.07, 6.45) is 4.70. The smallest absolute Gasteiger partial charge is 0.311 e. The second-order valence-corrected chi connectivity index (χ2v) is 9.34. The first-order valence-corrected chi connectivity index (χ1v) is 11.2. The molecule has 0 aliphatic carbocycles. The molecule has 0 bridgehead atoms. The molecule has 8 nitrogen and oxygen atoms in total. The Balaban J connectivity index is 1.83. The number of likely N-dealkylation sites (tertiary alicyclic amines) is 1. The highest BCUT2D eigenvalue weighted by Gasteiger charge is 2.44. The molecule has 1 atom stereocenters. The molecule has 2 rings (SSSR count). The molecule has 0 aromatic carbocycles. The van der Waals surface area contributed by atoms with Gasteiger partial charge in [-0.15, -0.1) is 0 Å². The Morgan fingerprint density at radius 3 is 2.35 bits per heavy atom. The lowest BCUT2D eigenvalue weighted by Crippen LogP contribution is -2.63. The first kappa shape index (κ1) is 21.1. The van der Waals surface area contributed by atoms with Crippen LogP contribution in [0, 0.1) is 0 Å². The van der Waals surface area contributed by atoms with Crippen LogP contribution in [0.25, 0.3) is 0 Å². The predicted octanol–water partition coefficient (Wildman–Crippen LogP) is -0.0927. The summed E-state index contributed by atoms with van der Waals surface area (Å²) in [5.41, 5.74) is 0. The third-order valence-electron chi connectivity index (χ3n) is 5.07. The van der Waals surface area contributed by atoms with Gasteiger partial charge in [0.25, 0.3) is 0 Å². The molecule has 2 N–H and O–H groups in total. The van der Waals surface area contributed by atoms with Crippen molar-refractivity contribution in [3.8, 4) is 0 Å². The molecule has 1 unspecified atom stereocenters. The van der Waals surface area contributed by atoms with Crippen molar-refractivity contribution in [2.45, 2.75) is 57.2 Å². The van der Waals surface area contributed by atoms with Crippen LogP contribution in [0.15, 0.2) is 0 Å². The van der Waals surface area contributed by atoms with Gasteiger partial charge in [0.15, 0.2) is 0 Å². The summed E-state index contributed by atoms with van der Waals surface area (Å²) in [6.45, 7) is 6.56. The van der Waals surface area contributed by atoms with Gasteiger partial charge in [0, 0.05) is 45.3 Å². The number of hydrogen-bond acceptors (Lipinski definition) is 5. The maximum atomic E-state index is 12.5. The molecule has 150 valence electrons. The summed E-state index contributed by atoms with van der Waals surface area (Å²) in [5.74, 6) is -1.23. The maximum Gasteiger partial charge on any atom is 0.311 e. The Morgan fingerprint density at radius 1 is 1.12 bits per heavy atom. The maximum absolute atomic E-state index is 12.5. The van der Waals surface area contributed by atoms with E-state index in [2.05, 4.69) is 17.6 Å². The van der Waals surface area contributed by atoms with E-state index in [0.717, 1.165) is 32.1 Å². The van der Waals surface area contributed by atoms with Crippen molar-refractivity contribution in [3.05, 3.63) is 0 Å². The highest BCUT2D eigenvalue weighted by atomic mass is 32.2. The molecule has 2 aliphatic heterocycles. The number of sulfonamides is 1. The van der Waals surface area contributed by atoms with Gasteiger partial charge in [-0.25, -0.2) is 8.42 Å². The Kier molecular flexibility index (Phi) is 7.85. The molecule has 0 aromatic rings. The van der Waals surface area contributed by atoms with Crippen molar-refractivity contribution in [1.82, 2.24) is 19.8 Å². The largest absolute Gasteiger partial charge is 0.345 e. The van der Waals surface area contributed by atoms with Crippen LogP contribution in [0.5, 0.6) is 0 Å². The van der Waals surface area contributed by atoms with E-state index in [1.165, 1.54) is 9.21 Å². The van der Waals surface area contributed by atoms with Crippen LogP contribution in [0.3, 0.4) is 0 Å². The van der Waals surface area contributed by atoms with Crippen molar-refractivity contribution in [2.75, 3.05) is 39.3 Å². The van der Waals surface area contributed by atoms with Crippen molar-refractivity contribution in [1.29, 1.82) is 0 Å². The molecule has 0 spiro atoms. The number of piperazine rings is 1. The molecule has 2 saturated heterocycles. The second kappa shape index (κ2) is 9.66. The zero-order chi connectivity index (χ0) is 19.2. The topological polar surface area (TPSA) is 98.8 Å². The number of nitrogens with one attached hydrogen (secondary N) is 2. The number of nitrogens with zero attached hydrogens (tertiary/aromatic N) is 2. The van der Waals surface area contributed by atoms with E-state index in [-0.39, 0.29) is 19.1 Å². The van der Waals surface area contributed by atoms with Crippen LogP contribution in [0.2, 0.25) is 0 Å². The zero-order valence-electron chi connectivity index (χ0n) is 15.9. The van der Waals surface area contributed by atoms with Gasteiger partial charge in [0.05, 0.1) is 0 Å². The van der Waals surface area contributed by atoms with Gasteiger partial charge in [-0.2, -0.15) is 4.31 Å². The molecule has 2 heterocycles. The van der Waals surface area contributed by atoms with E-state index in [0.29, 0.717) is 26.2 Å². The van der Waals surface area contributed by atoms with Crippen LogP contribution in [0.4, 0.5) is 0 Å². The van der Waals surface area contributed by atoms with Gasteiger partial charge in [-0.05, 0) is 12.8 Å². The molecule has 2 fully saturated rings.